The molecular weight excluding hydrogens is 790 g/mol. The fraction of sp³-hybridized carbons (Fsp3) is 0.432. The topological polar surface area (TPSA) is 420 Å². The third kappa shape index (κ3) is 17.6. The van der Waals surface area contributed by atoms with Crippen LogP contribution in [0.4, 0.5) is 0 Å². The molecule has 2 aromatic rings. The first kappa shape index (κ1) is 49.1. The molecule has 7 atom stereocenters. The van der Waals surface area contributed by atoms with Gasteiger partial charge in [0.15, 0.2) is 5.96 Å². The molecular formula is C37H53N11O12. The van der Waals surface area contributed by atoms with Gasteiger partial charge in [0, 0.05) is 25.8 Å². The molecule has 328 valence electrons. The SMILES string of the molecule is C[C@@H](O)[C@H](NC(=O)[C@@H](N)CCC(N)=O)C(=O)N[C@@H](CC(N)=O)C(=O)N[C@@H](Cc1ccc(O)cc1)C(=O)N[C@@H](Cc1ccc(O)cc1)C(=O)N[C@@H](CCCN=C(N)N)C(=O)O. The van der Waals surface area contributed by atoms with Crippen molar-refractivity contribution in [2.75, 3.05) is 6.54 Å². The van der Waals surface area contributed by atoms with Crippen molar-refractivity contribution in [1.82, 2.24) is 26.6 Å². The molecule has 0 fully saturated rings. The molecule has 0 unspecified atom stereocenters. The van der Waals surface area contributed by atoms with E-state index in [1.807, 2.05) is 0 Å². The van der Waals surface area contributed by atoms with Crippen molar-refractivity contribution >= 4 is 53.3 Å². The highest BCUT2D eigenvalue weighted by atomic mass is 16.4. The maximum atomic E-state index is 14.1. The molecule has 0 spiro atoms. The summed E-state index contributed by atoms with van der Waals surface area (Å²) in [6, 6.07) is 1.61. The normalized spacial score (nSPS) is 14.3. The second-order valence-corrected chi connectivity index (χ2v) is 13.8. The smallest absolute Gasteiger partial charge is 0.326 e. The van der Waals surface area contributed by atoms with Crippen LogP contribution in [0.3, 0.4) is 0 Å². The number of phenolic OH excluding ortho intramolecular Hbond substituents is 2. The van der Waals surface area contributed by atoms with Crippen LogP contribution in [0.5, 0.6) is 11.5 Å². The molecule has 0 aliphatic rings. The van der Waals surface area contributed by atoms with Crippen LogP contribution in [-0.4, -0.2) is 123 Å². The van der Waals surface area contributed by atoms with E-state index in [1.165, 1.54) is 48.5 Å². The van der Waals surface area contributed by atoms with E-state index in [2.05, 4.69) is 31.6 Å². The number of amides is 7. The number of aliphatic carboxylic acids is 1. The number of rotatable bonds is 25. The Morgan fingerprint density at radius 2 is 1.07 bits per heavy atom. The highest BCUT2D eigenvalue weighted by molar-refractivity contribution is 5.98. The maximum Gasteiger partial charge on any atom is 0.326 e. The van der Waals surface area contributed by atoms with Gasteiger partial charge in [-0.1, -0.05) is 24.3 Å². The number of aliphatic hydroxyl groups is 1. The maximum absolute atomic E-state index is 14.1. The van der Waals surface area contributed by atoms with E-state index in [4.69, 9.17) is 28.7 Å². The molecule has 0 aromatic heterocycles. The number of nitrogens with one attached hydrogen (secondary N) is 5. The lowest BCUT2D eigenvalue weighted by atomic mass is 10.0. The predicted molar refractivity (Wildman–Crippen MR) is 213 cm³/mol. The van der Waals surface area contributed by atoms with Crippen LogP contribution >= 0.6 is 0 Å². The molecule has 23 heteroatoms. The van der Waals surface area contributed by atoms with Crippen molar-refractivity contribution in [3.8, 4) is 11.5 Å². The Hall–Kier alpha value is -7.01. The van der Waals surface area contributed by atoms with Gasteiger partial charge in [-0.25, -0.2) is 4.79 Å². The Balaban J connectivity index is 2.45. The monoisotopic (exact) mass is 843 g/mol. The van der Waals surface area contributed by atoms with Crippen molar-refractivity contribution in [2.24, 2.45) is 33.7 Å². The minimum Gasteiger partial charge on any atom is -0.508 e. The number of carbonyl (C=O) groups is 8. The van der Waals surface area contributed by atoms with Crippen molar-refractivity contribution in [3.63, 3.8) is 0 Å². The largest absolute Gasteiger partial charge is 0.508 e. The number of nitrogens with two attached hydrogens (primary N) is 5. The Morgan fingerprint density at radius 1 is 0.617 bits per heavy atom. The molecule has 0 aliphatic heterocycles. The molecule has 0 saturated heterocycles. The van der Waals surface area contributed by atoms with Gasteiger partial charge >= 0.3 is 5.97 Å². The number of primary amides is 2. The molecule has 0 radical (unpaired) electrons. The molecule has 19 N–H and O–H groups in total. The molecule has 0 heterocycles. The second-order valence-electron chi connectivity index (χ2n) is 13.8. The molecule has 2 aromatic carbocycles. The number of hydrogen-bond donors (Lipinski definition) is 14. The zero-order valence-corrected chi connectivity index (χ0v) is 32.7. The van der Waals surface area contributed by atoms with Gasteiger partial charge in [-0.2, -0.15) is 0 Å². The summed E-state index contributed by atoms with van der Waals surface area (Å²) in [5.74, 6) is -8.88. The summed E-state index contributed by atoms with van der Waals surface area (Å²) < 4.78 is 0. The van der Waals surface area contributed by atoms with Crippen LogP contribution in [0.25, 0.3) is 0 Å². The number of guanidine groups is 1. The molecule has 0 saturated carbocycles. The summed E-state index contributed by atoms with van der Waals surface area (Å²) in [5.41, 5.74) is 27.7. The molecule has 23 nitrogen and oxygen atoms in total. The molecule has 2 rings (SSSR count). The van der Waals surface area contributed by atoms with Crippen molar-refractivity contribution < 1.29 is 58.8 Å². The Bertz CT molecular complexity index is 1860. The van der Waals surface area contributed by atoms with Crippen molar-refractivity contribution in [2.45, 2.75) is 94.2 Å². The van der Waals surface area contributed by atoms with E-state index in [-0.39, 0.29) is 62.5 Å². The number of aliphatic imine (C=N–C) groups is 1. The quantitative estimate of drug-likeness (QED) is 0.0254. The number of phenols is 2. The predicted octanol–water partition coefficient (Wildman–Crippen LogP) is -4.71. The second kappa shape index (κ2) is 24.0. The number of hydrogen-bond acceptors (Lipinski definition) is 13. The number of aromatic hydroxyl groups is 2. The Kier molecular flexibility index (Phi) is 19.7. The molecule has 60 heavy (non-hydrogen) atoms. The van der Waals surface area contributed by atoms with Gasteiger partial charge in [0.2, 0.25) is 41.4 Å². The van der Waals surface area contributed by atoms with E-state index in [0.717, 1.165) is 6.92 Å². The van der Waals surface area contributed by atoms with Crippen LogP contribution in [0, 0.1) is 0 Å². The van der Waals surface area contributed by atoms with E-state index < -0.39 is 96.1 Å². The lowest BCUT2D eigenvalue weighted by Gasteiger charge is -2.27. The third-order valence-corrected chi connectivity index (χ3v) is 8.72. The van der Waals surface area contributed by atoms with Gasteiger partial charge in [-0.3, -0.25) is 38.6 Å². The molecule has 0 aliphatic carbocycles. The highest BCUT2D eigenvalue weighted by Gasteiger charge is 2.35. The number of benzene rings is 2. The van der Waals surface area contributed by atoms with Gasteiger partial charge in [-0.15, -0.1) is 0 Å². The first-order valence-electron chi connectivity index (χ1n) is 18.5. The first-order valence-corrected chi connectivity index (χ1v) is 18.5. The summed E-state index contributed by atoms with van der Waals surface area (Å²) in [4.78, 5) is 107. The first-order chi connectivity index (χ1) is 28.2. The van der Waals surface area contributed by atoms with Crippen molar-refractivity contribution in [1.29, 1.82) is 0 Å². The number of nitrogens with zero attached hydrogens (tertiary/aromatic N) is 1. The van der Waals surface area contributed by atoms with Crippen LogP contribution in [0.1, 0.15) is 50.2 Å². The van der Waals surface area contributed by atoms with E-state index >= 15 is 0 Å². The summed E-state index contributed by atoms with van der Waals surface area (Å²) in [6.07, 6.45) is -3.36. The van der Waals surface area contributed by atoms with Crippen LogP contribution in [0.2, 0.25) is 0 Å². The number of aliphatic hydroxyl groups excluding tert-OH is 1. The lowest BCUT2D eigenvalue weighted by Crippen LogP contribution is -2.61. The van der Waals surface area contributed by atoms with Crippen LogP contribution in [0.15, 0.2) is 53.5 Å². The summed E-state index contributed by atoms with van der Waals surface area (Å²) >= 11 is 0. The molecule has 7 amide bonds. The standard InChI is InChI=1S/C37H53N11O12/c1-18(49)30(48-31(54)23(38)12-13-28(39)52)35(58)47-27(17-29(40)53)34(57)46-26(16-20-6-10-22(51)11-7-20)33(56)45-25(15-19-4-8-21(50)9-5-19)32(55)44-24(36(59)60)3-2-14-43-37(41)42/h4-11,18,23-27,30,49-51H,2-3,12-17,38H2,1H3,(H2,39,52)(H2,40,53)(H,44,55)(H,45,56)(H,46,57)(H,47,58)(H,48,54)(H,59,60)(H4,41,42,43)/t18-,23+,24+,25+,26+,27+,30+/m1/s1. The summed E-state index contributed by atoms with van der Waals surface area (Å²) in [5, 5.41) is 51.5. The molecule has 0 bridgehead atoms. The average molecular weight is 844 g/mol. The number of carboxylic acids is 1. The van der Waals surface area contributed by atoms with Crippen LogP contribution < -0.4 is 55.3 Å². The van der Waals surface area contributed by atoms with E-state index in [0.29, 0.717) is 11.1 Å². The average Bonchev–Trinajstić information content (AvgIpc) is 3.17. The van der Waals surface area contributed by atoms with Gasteiger partial charge in [0.25, 0.3) is 0 Å². The minimum absolute atomic E-state index is 0.0619. The van der Waals surface area contributed by atoms with E-state index in [9.17, 15) is 58.8 Å². The summed E-state index contributed by atoms with van der Waals surface area (Å²) in [7, 11) is 0. The summed E-state index contributed by atoms with van der Waals surface area (Å²) in [6.45, 7) is 1.20. The van der Waals surface area contributed by atoms with Crippen molar-refractivity contribution in [3.05, 3.63) is 59.7 Å². The number of carboxylic acid groups (broad SMARTS) is 1. The third-order valence-electron chi connectivity index (χ3n) is 8.72. The van der Waals surface area contributed by atoms with Crippen LogP contribution in [-0.2, 0) is 51.2 Å². The lowest BCUT2D eigenvalue weighted by molar-refractivity contribution is -0.142. The number of carbonyl (C=O) groups excluding carboxylic acids is 7. The fourth-order valence-corrected chi connectivity index (χ4v) is 5.50. The van der Waals surface area contributed by atoms with Gasteiger partial charge in [0.05, 0.1) is 18.6 Å². The Morgan fingerprint density at radius 3 is 1.48 bits per heavy atom. The van der Waals surface area contributed by atoms with Gasteiger partial charge < -0.3 is 75.7 Å². The fourth-order valence-electron chi connectivity index (χ4n) is 5.50. The zero-order valence-electron chi connectivity index (χ0n) is 32.7. The van der Waals surface area contributed by atoms with Gasteiger partial charge in [0.1, 0.15) is 41.7 Å². The van der Waals surface area contributed by atoms with Gasteiger partial charge in [-0.05, 0) is 61.6 Å². The van der Waals surface area contributed by atoms with E-state index in [1.54, 1.807) is 0 Å². The highest BCUT2D eigenvalue weighted by Crippen LogP contribution is 2.15. The zero-order chi connectivity index (χ0) is 45.1. The Labute approximate surface area is 343 Å². The minimum atomic E-state index is -1.81.